The van der Waals surface area contributed by atoms with E-state index in [4.69, 9.17) is 5.73 Å². The highest BCUT2D eigenvalue weighted by Gasteiger charge is 2.48. The summed E-state index contributed by atoms with van der Waals surface area (Å²) < 4.78 is 0. The van der Waals surface area contributed by atoms with Crippen molar-refractivity contribution in [3.63, 3.8) is 0 Å². The number of hydrogen-bond acceptors (Lipinski definition) is 1. The highest BCUT2D eigenvalue weighted by atomic mass is 14.7. The zero-order valence-corrected chi connectivity index (χ0v) is 7.35. The van der Waals surface area contributed by atoms with E-state index >= 15 is 0 Å². The molecule has 60 valence electrons. The zero-order chi connectivity index (χ0) is 7.78. The number of nitrogens with two attached hydrogens (primary N) is 1. The van der Waals surface area contributed by atoms with E-state index in [0.717, 1.165) is 5.92 Å². The van der Waals surface area contributed by atoms with E-state index < -0.39 is 0 Å². The standard InChI is InChI=1S/C9H19N/c1-4-5-8(10)7-6-9(7,2)3/h7-8H,4-6,10H2,1-3H3/t7?,8-/m0/s1. The van der Waals surface area contributed by atoms with Crippen LogP contribution in [0, 0.1) is 11.3 Å². The second-order valence-corrected chi connectivity index (χ2v) is 4.25. The molecule has 0 aliphatic heterocycles. The smallest absolute Gasteiger partial charge is 0.00723 e. The molecule has 0 aromatic heterocycles. The molecule has 0 spiro atoms. The van der Waals surface area contributed by atoms with Crippen molar-refractivity contribution in [3.8, 4) is 0 Å². The van der Waals surface area contributed by atoms with Crippen LogP contribution in [0.2, 0.25) is 0 Å². The van der Waals surface area contributed by atoms with Crippen molar-refractivity contribution >= 4 is 0 Å². The molecule has 0 aromatic rings. The number of hydrogen-bond donors (Lipinski definition) is 1. The van der Waals surface area contributed by atoms with Crippen LogP contribution >= 0.6 is 0 Å². The lowest BCUT2D eigenvalue weighted by Gasteiger charge is -2.11. The molecule has 1 unspecified atom stereocenters. The van der Waals surface area contributed by atoms with Crippen molar-refractivity contribution in [2.24, 2.45) is 17.1 Å². The quantitative estimate of drug-likeness (QED) is 0.640. The van der Waals surface area contributed by atoms with Crippen LogP contribution in [0.25, 0.3) is 0 Å². The molecule has 0 aromatic carbocycles. The Bertz CT molecular complexity index is 118. The Morgan fingerprint density at radius 1 is 1.60 bits per heavy atom. The third-order valence-electron chi connectivity index (χ3n) is 2.73. The van der Waals surface area contributed by atoms with Crippen molar-refractivity contribution < 1.29 is 0 Å². The predicted octanol–water partition coefficient (Wildman–Crippen LogP) is 2.16. The van der Waals surface area contributed by atoms with Crippen LogP contribution in [0.5, 0.6) is 0 Å². The van der Waals surface area contributed by atoms with Crippen LogP contribution in [0.1, 0.15) is 40.0 Å². The minimum atomic E-state index is 0.472. The molecular formula is C9H19N. The SMILES string of the molecule is CCC[C@H](N)C1CC1(C)C. The van der Waals surface area contributed by atoms with Gasteiger partial charge >= 0.3 is 0 Å². The summed E-state index contributed by atoms with van der Waals surface area (Å²) in [4.78, 5) is 0. The summed E-state index contributed by atoms with van der Waals surface area (Å²) in [6, 6.07) is 0.472. The minimum absolute atomic E-state index is 0.472. The van der Waals surface area contributed by atoms with E-state index in [0.29, 0.717) is 11.5 Å². The zero-order valence-electron chi connectivity index (χ0n) is 7.35. The Hall–Kier alpha value is -0.0400. The first-order valence-corrected chi connectivity index (χ1v) is 4.33. The van der Waals surface area contributed by atoms with Gasteiger partial charge in [-0.15, -0.1) is 0 Å². The Morgan fingerprint density at radius 3 is 2.40 bits per heavy atom. The first-order valence-electron chi connectivity index (χ1n) is 4.33. The molecule has 1 aliphatic carbocycles. The van der Waals surface area contributed by atoms with Crippen LogP contribution in [-0.2, 0) is 0 Å². The summed E-state index contributed by atoms with van der Waals surface area (Å²) in [5.41, 5.74) is 6.53. The van der Waals surface area contributed by atoms with E-state index in [1.807, 2.05) is 0 Å². The molecule has 0 saturated heterocycles. The average Bonchev–Trinajstić information content (AvgIpc) is 2.41. The van der Waals surface area contributed by atoms with Gasteiger partial charge in [0.1, 0.15) is 0 Å². The van der Waals surface area contributed by atoms with Crippen LogP contribution in [0.4, 0.5) is 0 Å². The second-order valence-electron chi connectivity index (χ2n) is 4.25. The number of rotatable bonds is 3. The van der Waals surface area contributed by atoms with Gasteiger partial charge in [0, 0.05) is 6.04 Å². The fraction of sp³-hybridized carbons (Fsp3) is 1.00. The lowest BCUT2D eigenvalue weighted by Crippen LogP contribution is -2.24. The normalized spacial score (nSPS) is 31.8. The maximum Gasteiger partial charge on any atom is 0.00723 e. The molecule has 2 N–H and O–H groups in total. The largest absolute Gasteiger partial charge is 0.327 e. The van der Waals surface area contributed by atoms with Crippen molar-refractivity contribution in [3.05, 3.63) is 0 Å². The molecule has 1 nitrogen and oxygen atoms in total. The van der Waals surface area contributed by atoms with Gasteiger partial charge in [-0.2, -0.15) is 0 Å². The maximum atomic E-state index is 5.97. The van der Waals surface area contributed by atoms with E-state index in [1.165, 1.54) is 19.3 Å². The summed E-state index contributed by atoms with van der Waals surface area (Å²) in [5.74, 6) is 0.812. The molecule has 1 fully saturated rings. The Labute approximate surface area is 64.0 Å². The molecule has 0 amide bonds. The fourth-order valence-corrected chi connectivity index (χ4v) is 1.77. The van der Waals surface area contributed by atoms with Crippen molar-refractivity contribution in [1.29, 1.82) is 0 Å². The highest BCUT2D eigenvalue weighted by molar-refractivity contribution is 5.00. The molecule has 1 heteroatoms. The average molecular weight is 141 g/mol. The molecule has 2 atom stereocenters. The fourth-order valence-electron chi connectivity index (χ4n) is 1.77. The predicted molar refractivity (Wildman–Crippen MR) is 44.8 cm³/mol. The van der Waals surface area contributed by atoms with Crippen LogP contribution in [0.3, 0.4) is 0 Å². The summed E-state index contributed by atoms with van der Waals surface area (Å²) in [6.45, 7) is 6.83. The summed E-state index contributed by atoms with van der Waals surface area (Å²) >= 11 is 0. The molecule has 1 rings (SSSR count). The van der Waals surface area contributed by atoms with Gasteiger partial charge in [0.25, 0.3) is 0 Å². The minimum Gasteiger partial charge on any atom is -0.327 e. The molecule has 10 heavy (non-hydrogen) atoms. The summed E-state index contributed by atoms with van der Waals surface area (Å²) in [6.07, 6.45) is 3.77. The molecule has 1 saturated carbocycles. The molecular weight excluding hydrogens is 122 g/mol. The first-order chi connectivity index (χ1) is 4.58. The van der Waals surface area contributed by atoms with E-state index in [9.17, 15) is 0 Å². The van der Waals surface area contributed by atoms with Gasteiger partial charge in [-0.25, -0.2) is 0 Å². The molecule has 0 bridgehead atoms. The Morgan fingerprint density at radius 2 is 2.10 bits per heavy atom. The molecule has 0 heterocycles. The summed E-state index contributed by atoms with van der Waals surface area (Å²) in [7, 11) is 0. The first kappa shape index (κ1) is 8.06. The van der Waals surface area contributed by atoms with Gasteiger partial charge in [-0.3, -0.25) is 0 Å². The van der Waals surface area contributed by atoms with Crippen LogP contribution in [0.15, 0.2) is 0 Å². The summed E-state index contributed by atoms with van der Waals surface area (Å²) in [5, 5.41) is 0. The second kappa shape index (κ2) is 2.54. The van der Waals surface area contributed by atoms with E-state index in [2.05, 4.69) is 20.8 Å². The van der Waals surface area contributed by atoms with Gasteiger partial charge in [-0.1, -0.05) is 27.2 Å². The third kappa shape index (κ3) is 1.51. The van der Waals surface area contributed by atoms with E-state index in [-0.39, 0.29) is 0 Å². The molecule has 1 aliphatic rings. The van der Waals surface area contributed by atoms with Gasteiger partial charge in [0.05, 0.1) is 0 Å². The third-order valence-corrected chi connectivity index (χ3v) is 2.73. The maximum absolute atomic E-state index is 5.97. The Kier molecular flexibility index (Phi) is 2.04. The van der Waals surface area contributed by atoms with Crippen LogP contribution in [-0.4, -0.2) is 6.04 Å². The van der Waals surface area contributed by atoms with Crippen molar-refractivity contribution in [2.75, 3.05) is 0 Å². The van der Waals surface area contributed by atoms with E-state index in [1.54, 1.807) is 0 Å². The lowest BCUT2D eigenvalue weighted by molar-refractivity contribution is 0.454. The topological polar surface area (TPSA) is 26.0 Å². The van der Waals surface area contributed by atoms with Gasteiger partial charge in [-0.05, 0) is 24.2 Å². The van der Waals surface area contributed by atoms with Crippen molar-refractivity contribution in [2.45, 2.75) is 46.1 Å². The van der Waals surface area contributed by atoms with Crippen LogP contribution < -0.4 is 5.73 Å². The van der Waals surface area contributed by atoms with Crippen molar-refractivity contribution in [1.82, 2.24) is 0 Å². The van der Waals surface area contributed by atoms with Gasteiger partial charge in [0.15, 0.2) is 0 Å². The van der Waals surface area contributed by atoms with Gasteiger partial charge < -0.3 is 5.73 Å². The van der Waals surface area contributed by atoms with Gasteiger partial charge in [0.2, 0.25) is 0 Å². The molecule has 0 radical (unpaired) electrons. The monoisotopic (exact) mass is 141 g/mol. The Balaban J connectivity index is 2.25. The lowest BCUT2D eigenvalue weighted by atomic mass is 10.0. The highest BCUT2D eigenvalue weighted by Crippen LogP contribution is 2.53.